The maximum Gasteiger partial charge on any atom is 0.338 e. The average Bonchev–Trinajstić information content (AvgIpc) is 3.11. The average molecular weight is 344 g/mol. The van der Waals surface area contributed by atoms with Gasteiger partial charge in [-0.05, 0) is 31.5 Å². The Labute approximate surface area is 145 Å². The second-order valence-corrected chi connectivity index (χ2v) is 5.36. The molecule has 2 aromatic rings. The van der Waals surface area contributed by atoms with Crippen molar-refractivity contribution < 1.29 is 23.9 Å². The molecule has 0 aliphatic carbocycles. The molecule has 0 atom stereocenters. The Morgan fingerprint density at radius 2 is 1.72 bits per heavy atom. The molecule has 0 unspecified atom stereocenters. The van der Waals surface area contributed by atoms with Crippen LogP contribution in [-0.2, 0) is 6.54 Å². The van der Waals surface area contributed by atoms with E-state index >= 15 is 0 Å². The first-order valence-electron chi connectivity index (χ1n) is 7.94. The summed E-state index contributed by atoms with van der Waals surface area (Å²) in [6.07, 6.45) is 1.02. The molecule has 7 heteroatoms. The number of rotatable bonds is 7. The van der Waals surface area contributed by atoms with Crippen LogP contribution in [0, 0.1) is 0 Å². The Morgan fingerprint density at radius 1 is 1.08 bits per heavy atom. The van der Waals surface area contributed by atoms with Gasteiger partial charge in [0.1, 0.15) is 6.26 Å². The van der Waals surface area contributed by atoms with Gasteiger partial charge in [-0.2, -0.15) is 0 Å². The van der Waals surface area contributed by atoms with Gasteiger partial charge in [-0.25, -0.2) is 4.79 Å². The van der Waals surface area contributed by atoms with Gasteiger partial charge in [0.15, 0.2) is 5.76 Å². The van der Waals surface area contributed by atoms with Gasteiger partial charge in [-0.1, -0.05) is 12.1 Å². The second kappa shape index (κ2) is 8.14. The monoisotopic (exact) mass is 344 g/mol. The summed E-state index contributed by atoms with van der Waals surface area (Å²) < 4.78 is 4.93. The third-order valence-corrected chi connectivity index (χ3v) is 3.77. The van der Waals surface area contributed by atoms with Crippen LogP contribution in [0.15, 0.2) is 41.0 Å². The van der Waals surface area contributed by atoms with Gasteiger partial charge in [-0.15, -0.1) is 0 Å². The fourth-order valence-corrected chi connectivity index (χ4v) is 2.30. The van der Waals surface area contributed by atoms with Crippen molar-refractivity contribution in [1.29, 1.82) is 0 Å². The first kappa shape index (κ1) is 18.3. The van der Waals surface area contributed by atoms with Crippen LogP contribution in [0.5, 0.6) is 0 Å². The van der Waals surface area contributed by atoms with E-state index in [1.807, 2.05) is 13.8 Å². The van der Waals surface area contributed by atoms with E-state index in [1.165, 1.54) is 6.07 Å². The summed E-state index contributed by atoms with van der Waals surface area (Å²) in [4.78, 5) is 36.7. The molecule has 0 aliphatic heterocycles. The number of carboxylic acid groups (broad SMARTS) is 1. The molecule has 0 saturated carbocycles. The highest BCUT2D eigenvalue weighted by molar-refractivity contribution is 5.95. The summed E-state index contributed by atoms with van der Waals surface area (Å²) in [6, 6.07) is 8.14. The van der Waals surface area contributed by atoms with Crippen molar-refractivity contribution in [1.82, 2.24) is 10.2 Å². The quantitative estimate of drug-likeness (QED) is 0.803. The Hall–Kier alpha value is -3.09. The third kappa shape index (κ3) is 4.47. The van der Waals surface area contributed by atoms with Crippen molar-refractivity contribution in [3.63, 3.8) is 0 Å². The van der Waals surface area contributed by atoms with Crippen LogP contribution >= 0.6 is 0 Å². The first-order chi connectivity index (χ1) is 12.0. The smallest absolute Gasteiger partial charge is 0.338 e. The first-order valence-corrected chi connectivity index (χ1v) is 7.94. The van der Waals surface area contributed by atoms with Gasteiger partial charge < -0.3 is 19.7 Å². The Kier molecular flexibility index (Phi) is 5.94. The number of amides is 2. The number of hydrogen-bond acceptors (Lipinski definition) is 4. The third-order valence-electron chi connectivity index (χ3n) is 3.77. The lowest BCUT2D eigenvalue weighted by atomic mass is 10.1. The summed E-state index contributed by atoms with van der Waals surface area (Å²) in [6.45, 7) is 5.39. The van der Waals surface area contributed by atoms with E-state index in [-0.39, 0.29) is 23.8 Å². The molecule has 0 radical (unpaired) electrons. The standard InChI is InChI=1S/C18H20N2O5/c1-3-20(4-2)17(22)13-7-5-12(6-8-13)10-19-16(21)15-9-14(11-25-15)18(23)24/h5-9,11H,3-4,10H2,1-2H3,(H,19,21)(H,23,24). The molecule has 0 saturated heterocycles. The van der Waals surface area contributed by atoms with Crippen molar-refractivity contribution in [3.8, 4) is 0 Å². The molecular weight excluding hydrogens is 324 g/mol. The largest absolute Gasteiger partial charge is 0.478 e. The maximum absolute atomic E-state index is 12.2. The number of aromatic carboxylic acids is 1. The van der Waals surface area contributed by atoms with E-state index in [0.717, 1.165) is 11.8 Å². The topological polar surface area (TPSA) is 99.9 Å². The van der Waals surface area contributed by atoms with Gasteiger partial charge in [0.2, 0.25) is 0 Å². The fourth-order valence-electron chi connectivity index (χ4n) is 2.30. The van der Waals surface area contributed by atoms with Gasteiger partial charge in [0.25, 0.3) is 11.8 Å². The minimum Gasteiger partial charge on any atom is -0.478 e. The molecule has 0 bridgehead atoms. The number of carbonyl (C=O) groups is 3. The molecule has 0 spiro atoms. The van der Waals surface area contributed by atoms with E-state index in [1.54, 1.807) is 29.2 Å². The van der Waals surface area contributed by atoms with Crippen molar-refractivity contribution in [2.75, 3.05) is 13.1 Å². The summed E-state index contributed by atoms with van der Waals surface area (Å²) >= 11 is 0. The molecule has 7 nitrogen and oxygen atoms in total. The highest BCUT2D eigenvalue weighted by Gasteiger charge is 2.15. The highest BCUT2D eigenvalue weighted by Crippen LogP contribution is 2.10. The summed E-state index contributed by atoms with van der Waals surface area (Å²) in [5, 5.41) is 11.5. The van der Waals surface area contributed by atoms with Gasteiger partial charge in [0.05, 0.1) is 5.56 Å². The van der Waals surface area contributed by atoms with Gasteiger partial charge >= 0.3 is 5.97 Å². The molecule has 0 aliphatic rings. The van der Waals surface area contributed by atoms with Crippen molar-refractivity contribution in [3.05, 3.63) is 59.0 Å². The van der Waals surface area contributed by atoms with Crippen LogP contribution in [0.3, 0.4) is 0 Å². The van der Waals surface area contributed by atoms with Crippen molar-refractivity contribution >= 4 is 17.8 Å². The van der Waals surface area contributed by atoms with Gasteiger partial charge in [-0.3, -0.25) is 9.59 Å². The van der Waals surface area contributed by atoms with E-state index in [4.69, 9.17) is 9.52 Å². The molecule has 132 valence electrons. The zero-order valence-corrected chi connectivity index (χ0v) is 14.1. The molecule has 25 heavy (non-hydrogen) atoms. The highest BCUT2D eigenvalue weighted by atomic mass is 16.4. The summed E-state index contributed by atoms with van der Waals surface area (Å²) in [5.41, 5.74) is 1.33. The zero-order valence-electron chi connectivity index (χ0n) is 14.1. The van der Waals surface area contributed by atoms with E-state index in [0.29, 0.717) is 18.7 Å². The number of benzene rings is 1. The lowest BCUT2D eigenvalue weighted by Crippen LogP contribution is -2.30. The Bertz CT molecular complexity index is 760. The zero-order chi connectivity index (χ0) is 18.4. The molecule has 2 rings (SSSR count). The Balaban J connectivity index is 1.95. The molecule has 2 amide bonds. The van der Waals surface area contributed by atoms with Crippen LogP contribution in [0.25, 0.3) is 0 Å². The molecular formula is C18H20N2O5. The van der Waals surface area contributed by atoms with E-state index < -0.39 is 11.9 Å². The van der Waals surface area contributed by atoms with Crippen LogP contribution in [0.1, 0.15) is 50.7 Å². The number of furan rings is 1. The van der Waals surface area contributed by atoms with Gasteiger partial charge in [0, 0.05) is 31.3 Å². The molecule has 0 fully saturated rings. The SMILES string of the molecule is CCN(CC)C(=O)c1ccc(CNC(=O)c2cc(C(=O)O)co2)cc1. The Morgan fingerprint density at radius 3 is 2.24 bits per heavy atom. The minimum atomic E-state index is -1.16. The maximum atomic E-state index is 12.2. The molecule has 1 heterocycles. The normalized spacial score (nSPS) is 10.3. The van der Waals surface area contributed by atoms with E-state index in [9.17, 15) is 14.4 Å². The predicted octanol–water partition coefficient (Wildman–Crippen LogP) is 2.39. The van der Waals surface area contributed by atoms with Crippen LogP contribution in [0.4, 0.5) is 0 Å². The lowest BCUT2D eigenvalue weighted by molar-refractivity contribution is 0.0694. The number of carbonyl (C=O) groups excluding carboxylic acids is 2. The lowest BCUT2D eigenvalue weighted by Gasteiger charge is -2.18. The number of nitrogens with zero attached hydrogens (tertiary/aromatic N) is 1. The van der Waals surface area contributed by atoms with Crippen molar-refractivity contribution in [2.24, 2.45) is 0 Å². The fraction of sp³-hybridized carbons (Fsp3) is 0.278. The summed E-state index contributed by atoms with van der Waals surface area (Å²) in [5.74, 6) is -1.75. The molecule has 1 aromatic carbocycles. The minimum absolute atomic E-state index is 0.0302. The van der Waals surface area contributed by atoms with Crippen LogP contribution in [0.2, 0.25) is 0 Å². The second-order valence-electron chi connectivity index (χ2n) is 5.36. The number of hydrogen-bond donors (Lipinski definition) is 2. The number of nitrogens with one attached hydrogen (secondary N) is 1. The van der Waals surface area contributed by atoms with Crippen LogP contribution < -0.4 is 5.32 Å². The number of carboxylic acids is 1. The van der Waals surface area contributed by atoms with E-state index in [2.05, 4.69) is 5.32 Å². The predicted molar refractivity (Wildman–Crippen MR) is 90.5 cm³/mol. The molecule has 2 N–H and O–H groups in total. The van der Waals surface area contributed by atoms with Crippen LogP contribution in [-0.4, -0.2) is 40.9 Å². The summed E-state index contributed by atoms with van der Waals surface area (Å²) in [7, 11) is 0. The molecule has 1 aromatic heterocycles. The van der Waals surface area contributed by atoms with Crippen molar-refractivity contribution in [2.45, 2.75) is 20.4 Å².